The maximum absolute atomic E-state index is 12.4. The van der Waals surface area contributed by atoms with Gasteiger partial charge in [-0.25, -0.2) is 8.42 Å². The summed E-state index contributed by atoms with van der Waals surface area (Å²) in [5.41, 5.74) is 0.560. The summed E-state index contributed by atoms with van der Waals surface area (Å²) in [6, 6.07) is 6.21. The molecule has 1 aromatic rings. The van der Waals surface area contributed by atoms with Gasteiger partial charge in [0.2, 0.25) is 0 Å². The van der Waals surface area contributed by atoms with Gasteiger partial charge in [-0.1, -0.05) is 0 Å². The Morgan fingerprint density at radius 2 is 1.70 bits per heavy atom. The number of likely N-dealkylation sites (tertiary alicyclic amines) is 1. The molecule has 2 atom stereocenters. The number of rotatable bonds is 2. The van der Waals surface area contributed by atoms with Crippen LogP contribution >= 0.6 is 0 Å². The van der Waals surface area contributed by atoms with E-state index in [1.807, 2.05) is 4.90 Å². The van der Waals surface area contributed by atoms with Crippen molar-refractivity contribution in [2.45, 2.75) is 4.90 Å². The predicted molar refractivity (Wildman–Crippen MR) is 75.3 cm³/mol. The predicted octanol–water partition coefficient (Wildman–Crippen LogP) is 0.382. The van der Waals surface area contributed by atoms with E-state index in [-0.39, 0.29) is 10.8 Å². The van der Waals surface area contributed by atoms with Crippen LogP contribution in [0.15, 0.2) is 29.2 Å². The Morgan fingerprint density at radius 1 is 1.15 bits per heavy atom. The summed E-state index contributed by atoms with van der Waals surface area (Å²) < 4.78 is 22.8. The molecule has 0 radical (unpaired) electrons. The molecule has 2 heterocycles. The molecule has 6 heteroatoms. The number of benzene rings is 1. The third-order valence-corrected chi connectivity index (χ3v) is 5.33. The molecule has 0 saturated carbocycles. The lowest BCUT2D eigenvalue weighted by molar-refractivity contribution is 0.0781. The number of carbonyl (C=O) groups excluding carboxylic acids is 1. The molecule has 0 bridgehead atoms. The molecule has 108 valence electrons. The first-order valence-corrected chi connectivity index (χ1v) is 8.64. The molecule has 2 fully saturated rings. The summed E-state index contributed by atoms with van der Waals surface area (Å²) in [4.78, 5) is 14.5. The summed E-state index contributed by atoms with van der Waals surface area (Å²) >= 11 is 0. The van der Waals surface area contributed by atoms with E-state index in [1.165, 1.54) is 18.4 Å². The molecular formula is C14H18N2O3S. The monoisotopic (exact) mass is 294 g/mol. The number of sulfone groups is 1. The average molecular weight is 294 g/mol. The number of nitrogens with zero attached hydrogens (tertiary/aromatic N) is 1. The van der Waals surface area contributed by atoms with Crippen molar-refractivity contribution >= 4 is 15.7 Å². The van der Waals surface area contributed by atoms with Crippen molar-refractivity contribution in [3.8, 4) is 0 Å². The SMILES string of the molecule is CS(=O)(=O)c1ccc(C(=O)N2CC3CNCC3C2)cc1. The van der Waals surface area contributed by atoms with Gasteiger partial charge < -0.3 is 10.2 Å². The van der Waals surface area contributed by atoms with Crippen molar-refractivity contribution in [1.29, 1.82) is 0 Å². The van der Waals surface area contributed by atoms with E-state index in [9.17, 15) is 13.2 Å². The minimum atomic E-state index is -3.21. The Labute approximate surface area is 118 Å². The normalized spacial score (nSPS) is 25.8. The lowest BCUT2D eigenvalue weighted by Crippen LogP contribution is -2.31. The molecule has 5 nitrogen and oxygen atoms in total. The number of carbonyl (C=O) groups is 1. The Kier molecular flexibility index (Phi) is 3.30. The number of hydrogen-bond acceptors (Lipinski definition) is 4. The van der Waals surface area contributed by atoms with Gasteiger partial charge in [0.15, 0.2) is 9.84 Å². The molecule has 2 aliphatic rings. The first-order valence-electron chi connectivity index (χ1n) is 6.75. The van der Waals surface area contributed by atoms with E-state index in [0.29, 0.717) is 17.4 Å². The molecular weight excluding hydrogens is 276 g/mol. The third kappa shape index (κ3) is 2.45. The maximum atomic E-state index is 12.4. The van der Waals surface area contributed by atoms with E-state index in [0.717, 1.165) is 26.2 Å². The summed E-state index contributed by atoms with van der Waals surface area (Å²) in [6.07, 6.45) is 1.17. The van der Waals surface area contributed by atoms with Crippen LogP contribution in [-0.2, 0) is 9.84 Å². The van der Waals surface area contributed by atoms with Crippen LogP contribution in [0, 0.1) is 11.8 Å². The highest BCUT2D eigenvalue weighted by Crippen LogP contribution is 2.27. The minimum absolute atomic E-state index is 0.000508. The fourth-order valence-corrected chi connectivity index (χ4v) is 3.68. The van der Waals surface area contributed by atoms with Crippen molar-refractivity contribution < 1.29 is 13.2 Å². The number of fused-ring (bicyclic) bond motifs is 1. The van der Waals surface area contributed by atoms with E-state index in [1.54, 1.807) is 12.1 Å². The lowest BCUT2D eigenvalue weighted by atomic mass is 10.0. The smallest absolute Gasteiger partial charge is 0.253 e. The van der Waals surface area contributed by atoms with Gasteiger partial charge in [0, 0.05) is 38.0 Å². The molecule has 1 N–H and O–H groups in total. The lowest BCUT2D eigenvalue weighted by Gasteiger charge is -2.17. The van der Waals surface area contributed by atoms with Gasteiger partial charge >= 0.3 is 0 Å². The van der Waals surface area contributed by atoms with Crippen LogP contribution in [0.3, 0.4) is 0 Å². The molecule has 2 unspecified atom stereocenters. The van der Waals surface area contributed by atoms with Crippen LogP contribution in [0.5, 0.6) is 0 Å². The highest BCUT2D eigenvalue weighted by molar-refractivity contribution is 7.90. The number of nitrogens with one attached hydrogen (secondary N) is 1. The summed E-state index contributed by atoms with van der Waals surface area (Å²) in [5, 5.41) is 3.34. The summed E-state index contributed by atoms with van der Waals surface area (Å²) in [5.74, 6) is 1.13. The first-order chi connectivity index (χ1) is 9.45. The van der Waals surface area contributed by atoms with Crippen LogP contribution in [0.4, 0.5) is 0 Å². The molecule has 1 aromatic carbocycles. The van der Waals surface area contributed by atoms with Crippen molar-refractivity contribution in [1.82, 2.24) is 10.2 Å². The Balaban J connectivity index is 1.75. The van der Waals surface area contributed by atoms with Gasteiger partial charge in [-0.15, -0.1) is 0 Å². The Hall–Kier alpha value is -1.40. The Bertz CT molecular complexity index is 612. The molecule has 0 aromatic heterocycles. The van der Waals surface area contributed by atoms with Crippen LogP contribution < -0.4 is 5.32 Å². The Morgan fingerprint density at radius 3 is 2.20 bits per heavy atom. The zero-order valence-corrected chi connectivity index (χ0v) is 12.2. The van der Waals surface area contributed by atoms with Crippen LogP contribution in [0.2, 0.25) is 0 Å². The van der Waals surface area contributed by atoms with E-state index < -0.39 is 9.84 Å². The molecule has 2 saturated heterocycles. The molecule has 0 spiro atoms. The highest BCUT2D eigenvalue weighted by Gasteiger charge is 2.38. The largest absolute Gasteiger partial charge is 0.338 e. The van der Waals surface area contributed by atoms with Gasteiger partial charge in [0.05, 0.1) is 4.90 Å². The average Bonchev–Trinajstić information content (AvgIpc) is 2.97. The van der Waals surface area contributed by atoms with Crippen molar-refractivity contribution in [2.75, 3.05) is 32.4 Å². The summed E-state index contributed by atoms with van der Waals surface area (Å²) in [6.45, 7) is 3.57. The second-order valence-electron chi connectivity index (χ2n) is 5.69. The molecule has 0 aliphatic carbocycles. The molecule has 20 heavy (non-hydrogen) atoms. The fraction of sp³-hybridized carbons (Fsp3) is 0.500. The zero-order chi connectivity index (χ0) is 14.3. The first kappa shape index (κ1) is 13.6. The fourth-order valence-electron chi connectivity index (χ4n) is 3.05. The topological polar surface area (TPSA) is 66.5 Å². The maximum Gasteiger partial charge on any atom is 0.253 e. The van der Waals surface area contributed by atoms with Crippen molar-refractivity contribution in [3.63, 3.8) is 0 Å². The standard InChI is InChI=1S/C14H18N2O3S/c1-20(18,19)13-4-2-10(3-5-13)14(17)16-8-11-6-15-7-12(11)9-16/h2-5,11-12,15H,6-9H2,1H3. The zero-order valence-electron chi connectivity index (χ0n) is 11.4. The van der Waals surface area contributed by atoms with Gasteiger partial charge in [-0.2, -0.15) is 0 Å². The van der Waals surface area contributed by atoms with Crippen LogP contribution in [-0.4, -0.2) is 51.7 Å². The van der Waals surface area contributed by atoms with Gasteiger partial charge in [0.1, 0.15) is 0 Å². The van der Waals surface area contributed by atoms with Gasteiger partial charge in [-0.3, -0.25) is 4.79 Å². The van der Waals surface area contributed by atoms with Crippen molar-refractivity contribution in [2.24, 2.45) is 11.8 Å². The van der Waals surface area contributed by atoms with Crippen molar-refractivity contribution in [3.05, 3.63) is 29.8 Å². The van der Waals surface area contributed by atoms with E-state index in [4.69, 9.17) is 0 Å². The number of hydrogen-bond donors (Lipinski definition) is 1. The highest BCUT2D eigenvalue weighted by atomic mass is 32.2. The quantitative estimate of drug-likeness (QED) is 0.856. The summed E-state index contributed by atoms with van der Waals surface area (Å²) in [7, 11) is -3.21. The third-order valence-electron chi connectivity index (χ3n) is 4.21. The van der Waals surface area contributed by atoms with Gasteiger partial charge in [-0.05, 0) is 36.1 Å². The second-order valence-corrected chi connectivity index (χ2v) is 7.70. The number of amides is 1. The molecule has 2 aliphatic heterocycles. The van der Waals surface area contributed by atoms with Gasteiger partial charge in [0.25, 0.3) is 5.91 Å². The molecule has 3 rings (SSSR count). The van der Waals surface area contributed by atoms with E-state index >= 15 is 0 Å². The second kappa shape index (κ2) is 4.86. The van der Waals surface area contributed by atoms with E-state index in [2.05, 4.69) is 5.32 Å². The van der Waals surface area contributed by atoms with Crippen LogP contribution in [0.1, 0.15) is 10.4 Å². The van der Waals surface area contributed by atoms with Crippen LogP contribution in [0.25, 0.3) is 0 Å². The minimum Gasteiger partial charge on any atom is -0.338 e. The molecule has 1 amide bonds.